The van der Waals surface area contributed by atoms with Gasteiger partial charge in [0.25, 0.3) is 0 Å². The molecular weight excluding hydrogens is 384 g/mol. The quantitative estimate of drug-likeness (QED) is 0.675. The number of hydrogen-bond acceptors (Lipinski definition) is 5. The maximum absolute atomic E-state index is 12.3. The number of anilines is 2. The van der Waals surface area contributed by atoms with Crippen molar-refractivity contribution >= 4 is 29.2 Å². The molecule has 3 rings (SSSR count). The minimum atomic E-state index is -1.06. The lowest BCUT2D eigenvalue weighted by atomic mass is 10.1. The molecule has 0 aliphatic carbocycles. The molecule has 2 saturated heterocycles. The zero-order chi connectivity index (χ0) is 21.5. The van der Waals surface area contributed by atoms with Gasteiger partial charge in [-0.15, -0.1) is 0 Å². The fraction of sp³-hybridized carbons (Fsp3) is 0.591. The molecule has 2 aliphatic rings. The number of carboxylic acids is 1. The van der Waals surface area contributed by atoms with E-state index in [2.05, 4.69) is 15.1 Å². The Kier molecular flexibility index (Phi) is 7.68. The van der Waals surface area contributed by atoms with Crippen molar-refractivity contribution in [2.24, 2.45) is 0 Å². The second-order valence-corrected chi connectivity index (χ2v) is 8.04. The van der Waals surface area contributed by atoms with Crippen LogP contribution in [0.15, 0.2) is 18.2 Å². The zero-order valence-electron chi connectivity index (χ0n) is 17.7. The van der Waals surface area contributed by atoms with E-state index in [1.54, 1.807) is 12.1 Å². The molecule has 30 heavy (non-hydrogen) atoms. The first-order valence-electron chi connectivity index (χ1n) is 10.9. The van der Waals surface area contributed by atoms with Gasteiger partial charge in [0, 0.05) is 51.4 Å². The molecule has 1 aromatic carbocycles. The molecule has 2 aliphatic heterocycles. The Morgan fingerprint density at radius 3 is 2.37 bits per heavy atom. The van der Waals surface area contributed by atoms with Crippen molar-refractivity contribution in [3.05, 3.63) is 23.8 Å². The second kappa shape index (κ2) is 10.4. The highest BCUT2D eigenvalue weighted by molar-refractivity contribution is 6.01. The molecule has 164 valence electrons. The highest BCUT2D eigenvalue weighted by Gasteiger charge is 2.24. The molecule has 0 spiro atoms. The number of benzene rings is 1. The number of amides is 2. The standard InChI is InChI=1S/C22H32N4O4/c1-2-3-6-20(27)23-19-8-7-17(15-18(19)22(29)30)25-13-11-24(12-14-25)16-21(28)26-9-4-5-10-26/h7-8,15H,2-6,9-14,16H2,1H3,(H,23,27)(H,29,30). The predicted molar refractivity (Wildman–Crippen MR) is 116 cm³/mol. The normalized spacial score (nSPS) is 17.2. The number of piperazine rings is 1. The van der Waals surface area contributed by atoms with Crippen LogP contribution < -0.4 is 10.2 Å². The first kappa shape index (κ1) is 22.1. The summed E-state index contributed by atoms with van der Waals surface area (Å²) in [6, 6.07) is 5.15. The summed E-state index contributed by atoms with van der Waals surface area (Å²) in [4.78, 5) is 42.3. The van der Waals surface area contributed by atoms with Crippen molar-refractivity contribution in [3.8, 4) is 0 Å². The van der Waals surface area contributed by atoms with Crippen LogP contribution in [-0.2, 0) is 9.59 Å². The predicted octanol–water partition coefficient (Wildman–Crippen LogP) is 2.26. The van der Waals surface area contributed by atoms with Crippen LogP contribution in [0.3, 0.4) is 0 Å². The average molecular weight is 417 g/mol. The lowest BCUT2D eigenvalue weighted by Gasteiger charge is -2.36. The molecule has 2 fully saturated rings. The number of unbranched alkanes of at least 4 members (excludes halogenated alkanes) is 1. The van der Waals surface area contributed by atoms with Gasteiger partial charge in [-0.3, -0.25) is 14.5 Å². The summed E-state index contributed by atoms with van der Waals surface area (Å²) in [6.07, 6.45) is 4.26. The van der Waals surface area contributed by atoms with Crippen molar-refractivity contribution in [1.82, 2.24) is 9.80 Å². The molecule has 2 N–H and O–H groups in total. The Bertz CT molecular complexity index is 768. The third-order valence-corrected chi connectivity index (χ3v) is 5.82. The number of nitrogens with one attached hydrogen (secondary N) is 1. The van der Waals surface area contributed by atoms with E-state index in [9.17, 15) is 19.5 Å². The molecule has 0 atom stereocenters. The van der Waals surface area contributed by atoms with Gasteiger partial charge < -0.3 is 20.2 Å². The summed E-state index contributed by atoms with van der Waals surface area (Å²) in [5.74, 6) is -1.02. The van der Waals surface area contributed by atoms with Crippen LogP contribution in [-0.4, -0.2) is 78.5 Å². The summed E-state index contributed by atoms with van der Waals surface area (Å²) < 4.78 is 0. The number of likely N-dealkylation sites (tertiary alicyclic amines) is 1. The van der Waals surface area contributed by atoms with Crippen molar-refractivity contribution < 1.29 is 19.5 Å². The summed E-state index contributed by atoms with van der Waals surface area (Å²) in [7, 11) is 0. The van der Waals surface area contributed by atoms with Crippen molar-refractivity contribution in [2.75, 3.05) is 56.0 Å². The molecule has 8 nitrogen and oxygen atoms in total. The van der Waals surface area contributed by atoms with Gasteiger partial charge in [0.2, 0.25) is 11.8 Å². The Balaban J connectivity index is 1.58. The first-order chi connectivity index (χ1) is 14.5. The van der Waals surface area contributed by atoms with Crippen LogP contribution in [0.4, 0.5) is 11.4 Å². The van der Waals surface area contributed by atoms with Gasteiger partial charge in [-0.1, -0.05) is 13.3 Å². The highest BCUT2D eigenvalue weighted by atomic mass is 16.4. The molecule has 2 heterocycles. The van der Waals surface area contributed by atoms with Gasteiger partial charge >= 0.3 is 5.97 Å². The minimum absolute atomic E-state index is 0.101. The molecule has 0 radical (unpaired) electrons. The SMILES string of the molecule is CCCCC(=O)Nc1ccc(N2CCN(CC(=O)N3CCCC3)CC2)cc1C(=O)O. The molecule has 2 amide bonds. The van der Waals surface area contributed by atoms with E-state index in [4.69, 9.17) is 0 Å². The smallest absolute Gasteiger partial charge is 0.337 e. The largest absolute Gasteiger partial charge is 0.478 e. The van der Waals surface area contributed by atoms with Crippen molar-refractivity contribution in [1.29, 1.82) is 0 Å². The van der Waals surface area contributed by atoms with Crippen molar-refractivity contribution in [3.63, 3.8) is 0 Å². The van der Waals surface area contributed by atoms with Gasteiger partial charge in [-0.25, -0.2) is 4.79 Å². The number of aromatic carboxylic acids is 1. The van der Waals surface area contributed by atoms with Crippen LogP contribution in [0.5, 0.6) is 0 Å². The zero-order valence-corrected chi connectivity index (χ0v) is 17.7. The minimum Gasteiger partial charge on any atom is -0.478 e. The lowest BCUT2D eigenvalue weighted by molar-refractivity contribution is -0.131. The van der Waals surface area contributed by atoms with E-state index in [1.807, 2.05) is 17.9 Å². The maximum Gasteiger partial charge on any atom is 0.337 e. The number of rotatable bonds is 8. The van der Waals surface area contributed by atoms with Gasteiger partial charge in [-0.05, 0) is 37.5 Å². The lowest BCUT2D eigenvalue weighted by Crippen LogP contribution is -2.49. The molecule has 0 unspecified atom stereocenters. The highest BCUT2D eigenvalue weighted by Crippen LogP contribution is 2.25. The topological polar surface area (TPSA) is 93.2 Å². The monoisotopic (exact) mass is 416 g/mol. The maximum atomic E-state index is 12.3. The Morgan fingerprint density at radius 1 is 1.03 bits per heavy atom. The van der Waals surface area contributed by atoms with E-state index >= 15 is 0 Å². The van der Waals surface area contributed by atoms with E-state index < -0.39 is 5.97 Å². The van der Waals surface area contributed by atoms with Crippen LogP contribution >= 0.6 is 0 Å². The Labute approximate surface area is 177 Å². The van der Waals surface area contributed by atoms with E-state index in [-0.39, 0.29) is 17.4 Å². The molecule has 0 aromatic heterocycles. The van der Waals surface area contributed by atoms with Crippen LogP contribution in [0, 0.1) is 0 Å². The molecule has 8 heteroatoms. The molecular formula is C22H32N4O4. The van der Waals surface area contributed by atoms with Crippen LogP contribution in [0.1, 0.15) is 49.4 Å². The number of hydrogen-bond donors (Lipinski definition) is 2. The molecule has 0 bridgehead atoms. The van der Waals surface area contributed by atoms with E-state index in [0.717, 1.165) is 70.6 Å². The Hall–Kier alpha value is -2.61. The molecule has 0 saturated carbocycles. The summed E-state index contributed by atoms with van der Waals surface area (Å²) in [5, 5.41) is 12.3. The van der Waals surface area contributed by atoms with Crippen molar-refractivity contribution in [2.45, 2.75) is 39.0 Å². The third kappa shape index (κ3) is 5.72. The first-order valence-corrected chi connectivity index (χ1v) is 10.9. The number of nitrogens with zero attached hydrogens (tertiary/aromatic N) is 3. The summed E-state index contributed by atoms with van der Waals surface area (Å²) >= 11 is 0. The summed E-state index contributed by atoms with van der Waals surface area (Å²) in [6.45, 7) is 7.19. The van der Waals surface area contributed by atoms with Gasteiger partial charge in [0.15, 0.2) is 0 Å². The molecule has 1 aromatic rings. The Morgan fingerprint density at radius 2 is 1.73 bits per heavy atom. The number of carbonyl (C=O) groups excluding carboxylic acids is 2. The fourth-order valence-corrected chi connectivity index (χ4v) is 3.99. The average Bonchev–Trinajstić information content (AvgIpc) is 3.28. The van der Waals surface area contributed by atoms with E-state index in [1.165, 1.54) is 0 Å². The van der Waals surface area contributed by atoms with Crippen LogP contribution in [0.2, 0.25) is 0 Å². The van der Waals surface area contributed by atoms with E-state index in [0.29, 0.717) is 18.7 Å². The summed E-state index contributed by atoms with van der Waals surface area (Å²) in [5.41, 5.74) is 1.26. The van der Waals surface area contributed by atoms with Gasteiger partial charge in [0.05, 0.1) is 17.8 Å². The fourth-order valence-electron chi connectivity index (χ4n) is 3.99. The number of carbonyl (C=O) groups is 3. The second-order valence-electron chi connectivity index (χ2n) is 8.04. The third-order valence-electron chi connectivity index (χ3n) is 5.82. The van der Waals surface area contributed by atoms with Gasteiger partial charge in [0.1, 0.15) is 0 Å². The van der Waals surface area contributed by atoms with Gasteiger partial charge in [-0.2, -0.15) is 0 Å². The van der Waals surface area contributed by atoms with Crippen LogP contribution in [0.25, 0.3) is 0 Å². The number of carboxylic acid groups (broad SMARTS) is 1.